The van der Waals surface area contributed by atoms with Crippen molar-refractivity contribution < 1.29 is 29.4 Å². The van der Waals surface area contributed by atoms with Crippen LogP contribution in [0.1, 0.15) is 90.5 Å². The molecule has 4 rings (SSSR count). The number of carboxylic acids is 1. The van der Waals surface area contributed by atoms with E-state index in [9.17, 15) is 24.3 Å². The molecule has 0 spiro atoms. The lowest BCUT2D eigenvalue weighted by Crippen LogP contribution is -2.46. The molecule has 2 unspecified atom stereocenters. The van der Waals surface area contributed by atoms with Gasteiger partial charge in [-0.3, -0.25) is 19.2 Å². The van der Waals surface area contributed by atoms with Crippen LogP contribution in [0.2, 0.25) is 0 Å². The van der Waals surface area contributed by atoms with Crippen LogP contribution in [0.5, 0.6) is 0 Å². The van der Waals surface area contributed by atoms with Gasteiger partial charge < -0.3 is 25.3 Å². The number of aryl methyl sites for hydroxylation is 1. The van der Waals surface area contributed by atoms with E-state index >= 15 is 0 Å². The Kier molecular flexibility index (Phi) is 11.7. The Bertz CT molecular complexity index is 1560. The van der Waals surface area contributed by atoms with E-state index in [2.05, 4.69) is 24.3 Å². The Morgan fingerprint density at radius 3 is 2.33 bits per heavy atom. The molecule has 3 aromatic rings. The van der Waals surface area contributed by atoms with E-state index < -0.39 is 23.8 Å². The molecule has 3 amide bonds. The third kappa shape index (κ3) is 8.00. The number of aliphatic hydroxyl groups excluding tert-OH is 1. The number of aromatic nitrogens is 2. The van der Waals surface area contributed by atoms with Crippen molar-refractivity contribution in [1.29, 1.82) is 0 Å². The summed E-state index contributed by atoms with van der Waals surface area (Å²) in [7, 11) is 0. The van der Waals surface area contributed by atoms with E-state index in [1.54, 1.807) is 33.8 Å². The first kappa shape index (κ1) is 34.4. The predicted octanol–water partition coefficient (Wildman–Crippen LogP) is 4.83. The number of nitrogens with zero attached hydrogens (tertiary/aromatic N) is 4. The Hall–Kier alpha value is -4.51. The Labute approximate surface area is 270 Å². The third-order valence-corrected chi connectivity index (χ3v) is 8.44. The van der Waals surface area contributed by atoms with E-state index in [1.165, 1.54) is 6.92 Å². The van der Waals surface area contributed by atoms with Crippen LogP contribution < -0.4 is 5.32 Å². The maximum Gasteiger partial charge on any atom is 0.304 e. The number of hydrogen-bond acceptors (Lipinski definition) is 6. The van der Waals surface area contributed by atoms with Crippen LogP contribution in [0, 0.1) is 12.8 Å². The molecule has 3 N–H and O–H groups in total. The first-order valence-electron chi connectivity index (χ1n) is 16.1. The van der Waals surface area contributed by atoms with Gasteiger partial charge in [-0.05, 0) is 61.6 Å². The minimum Gasteiger partial charge on any atom is -0.481 e. The summed E-state index contributed by atoms with van der Waals surface area (Å²) >= 11 is 0. The number of rotatable bonds is 14. The molecule has 1 aliphatic heterocycles. The van der Waals surface area contributed by atoms with Gasteiger partial charge in [0.15, 0.2) is 5.69 Å². The molecule has 0 fully saturated rings. The van der Waals surface area contributed by atoms with E-state index in [1.807, 2.05) is 36.1 Å². The number of aliphatic hydroxyl groups is 1. The molecule has 46 heavy (non-hydrogen) atoms. The van der Waals surface area contributed by atoms with Gasteiger partial charge in [0.05, 0.1) is 30.3 Å². The van der Waals surface area contributed by atoms with Crippen molar-refractivity contribution in [3.05, 3.63) is 76.6 Å². The number of fused-ring (bicyclic) bond motifs is 1. The minimum absolute atomic E-state index is 0.166. The highest BCUT2D eigenvalue weighted by Crippen LogP contribution is 2.29. The number of anilines is 1. The summed E-state index contributed by atoms with van der Waals surface area (Å²) in [6.07, 6.45) is 3.85. The number of unbranched alkanes of at least 4 members (excludes halogenated alkanes) is 2. The summed E-state index contributed by atoms with van der Waals surface area (Å²) in [6, 6.07) is 13.9. The second kappa shape index (κ2) is 15.7. The average molecular weight is 632 g/mol. The van der Waals surface area contributed by atoms with Gasteiger partial charge in [0.25, 0.3) is 11.8 Å². The topological polar surface area (TPSA) is 145 Å². The zero-order valence-electron chi connectivity index (χ0n) is 27.2. The fourth-order valence-corrected chi connectivity index (χ4v) is 5.73. The molecule has 2 aromatic carbocycles. The fourth-order valence-electron chi connectivity index (χ4n) is 5.73. The van der Waals surface area contributed by atoms with Crippen molar-refractivity contribution in [1.82, 2.24) is 19.6 Å². The quantitative estimate of drug-likeness (QED) is 0.231. The van der Waals surface area contributed by atoms with E-state index in [0.29, 0.717) is 36.6 Å². The van der Waals surface area contributed by atoms with Crippen LogP contribution in [0.15, 0.2) is 48.5 Å². The number of aliphatic carboxylic acids is 1. The Morgan fingerprint density at radius 2 is 1.70 bits per heavy atom. The van der Waals surface area contributed by atoms with Crippen LogP contribution in [0.25, 0.3) is 5.69 Å². The summed E-state index contributed by atoms with van der Waals surface area (Å²) in [5.74, 6) is -2.90. The van der Waals surface area contributed by atoms with E-state index in [4.69, 9.17) is 5.11 Å². The highest BCUT2D eigenvalue weighted by Gasteiger charge is 2.32. The highest BCUT2D eigenvalue weighted by atomic mass is 16.4. The van der Waals surface area contributed by atoms with Gasteiger partial charge in [-0.15, -0.1) is 0 Å². The summed E-state index contributed by atoms with van der Waals surface area (Å²) in [6.45, 7) is 8.84. The van der Waals surface area contributed by atoms with Crippen LogP contribution in [-0.2, 0) is 22.6 Å². The van der Waals surface area contributed by atoms with E-state index in [0.717, 1.165) is 36.8 Å². The van der Waals surface area contributed by atoms with Gasteiger partial charge in [-0.2, -0.15) is 5.10 Å². The molecule has 1 aliphatic rings. The molecule has 246 valence electrons. The highest BCUT2D eigenvalue weighted by molar-refractivity contribution is 6.01. The zero-order chi connectivity index (χ0) is 33.4. The normalized spacial score (nSPS) is 14.8. The molecule has 1 aromatic heterocycles. The lowest BCUT2D eigenvalue weighted by molar-refractivity contribution is -0.139. The third-order valence-electron chi connectivity index (χ3n) is 8.44. The number of carbonyl (C=O) groups is 4. The number of hydrogen-bond donors (Lipinski definition) is 3. The second-order valence-electron chi connectivity index (χ2n) is 12.0. The average Bonchev–Trinajstić information content (AvgIpc) is 3.44. The first-order valence-corrected chi connectivity index (χ1v) is 16.1. The van der Waals surface area contributed by atoms with Crippen molar-refractivity contribution in [2.45, 2.75) is 78.8 Å². The molecule has 11 heteroatoms. The van der Waals surface area contributed by atoms with Crippen LogP contribution in [0.3, 0.4) is 0 Å². The SMILES string of the molecule is CCCCN(CCCC)C(=O)c1cc(C)n(-c2ccc(NC(=O)C(C)CC(=O)O)cc2C(=O)N2Cc3ccccc3CC2CO)n1. The predicted molar refractivity (Wildman–Crippen MR) is 175 cm³/mol. The van der Waals surface area contributed by atoms with Crippen molar-refractivity contribution in [2.75, 3.05) is 25.0 Å². The zero-order valence-corrected chi connectivity index (χ0v) is 27.2. The number of amides is 3. The summed E-state index contributed by atoms with van der Waals surface area (Å²) in [5.41, 5.74) is 3.94. The molecule has 2 heterocycles. The van der Waals surface area contributed by atoms with Crippen molar-refractivity contribution in [2.24, 2.45) is 5.92 Å². The molecule has 0 saturated carbocycles. The summed E-state index contributed by atoms with van der Waals surface area (Å²) in [4.78, 5) is 55.4. The molecule has 2 atom stereocenters. The van der Waals surface area contributed by atoms with Crippen molar-refractivity contribution >= 4 is 29.4 Å². The Morgan fingerprint density at radius 1 is 1.02 bits per heavy atom. The monoisotopic (exact) mass is 631 g/mol. The maximum atomic E-state index is 14.4. The standard InChI is InChI=1S/C35H45N5O6/c1-5-7-15-38(16-8-6-2)35(46)30-18-24(4)40(37-30)31-14-13-27(36-33(44)23(3)17-32(42)43)20-29(31)34(45)39-21-26-12-10-9-11-25(26)19-28(39)22-41/h9-14,18,20,23,28,41H,5-8,15-17,19,21-22H2,1-4H3,(H,36,44)(H,42,43). The molecular weight excluding hydrogens is 586 g/mol. The first-order chi connectivity index (χ1) is 22.1. The molecule has 0 aliphatic carbocycles. The van der Waals surface area contributed by atoms with Crippen molar-refractivity contribution in [3.8, 4) is 5.69 Å². The number of benzene rings is 2. The number of carbonyl (C=O) groups excluding carboxylic acids is 3. The summed E-state index contributed by atoms with van der Waals surface area (Å²) < 4.78 is 1.57. The Balaban J connectivity index is 1.75. The largest absolute Gasteiger partial charge is 0.481 e. The number of nitrogens with one attached hydrogen (secondary N) is 1. The second-order valence-corrected chi connectivity index (χ2v) is 12.0. The lowest BCUT2D eigenvalue weighted by atomic mass is 9.93. The molecule has 0 radical (unpaired) electrons. The summed E-state index contributed by atoms with van der Waals surface area (Å²) in [5, 5.41) is 26.9. The molecule has 0 saturated heterocycles. The van der Waals surface area contributed by atoms with Crippen molar-refractivity contribution in [3.63, 3.8) is 0 Å². The maximum absolute atomic E-state index is 14.4. The van der Waals surface area contributed by atoms with E-state index in [-0.39, 0.29) is 42.6 Å². The van der Waals surface area contributed by atoms with Gasteiger partial charge in [0, 0.05) is 36.9 Å². The fraction of sp³-hybridized carbons (Fsp3) is 0.457. The smallest absolute Gasteiger partial charge is 0.304 e. The molecule has 11 nitrogen and oxygen atoms in total. The van der Waals surface area contributed by atoms with Gasteiger partial charge >= 0.3 is 5.97 Å². The minimum atomic E-state index is -1.09. The van der Waals surface area contributed by atoms with Gasteiger partial charge in [0.1, 0.15) is 0 Å². The lowest BCUT2D eigenvalue weighted by Gasteiger charge is -2.36. The van der Waals surface area contributed by atoms with Crippen LogP contribution in [-0.4, -0.2) is 79.2 Å². The number of carboxylic acid groups (broad SMARTS) is 1. The van der Waals surface area contributed by atoms with Crippen LogP contribution >= 0.6 is 0 Å². The van der Waals surface area contributed by atoms with Gasteiger partial charge in [-0.1, -0.05) is 57.9 Å². The van der Waals surface area contributed by atoms with Gasteiger partial charge in [-0.25, -0.2) is 4.68 Å². The molecular formula is C35H45N5O6. The van der Waals surface area contributed by atoms with Crippen LogP contribution in [0.4, 0.5) is 5.69 Å². The van der Waals surface area contributed by atoms with Gasteiger partial charge in [0.2, 0.25) is 5.91 Å². The molecule has 0 bridgehead atoms.